The molecule has 2 rings (SSSR count). The number of hydrogen-bond acceptors (Lipinski definition) is 8. The molecule has 124 valence electrons. The maximum absolute atomic E-state index is 10.0. The van der Waals surface area contributed by atoms with E-state index in [1.165, 1.54) is 7.11 Å². The molecule has 4 N–H and O–H groups in total. The zero-order valence-corrected chi connectivity index (χ0v) is 12.3. The Kier molecular flexibility index (Phi) is 5.55. The van der Waals surface area contributed by atoms with Gasteiger partial charge in [0.15, 0.2) is 12.6 Å². The summed E-state index contributed by atoms with van der Waals surface area (Å²) in [5, 5.41) is 39.2. The van der Waals surface area contributed by atoms with E-state index in [2.05, 4.69) is 0 Å². The van der Waals surface area contributed by atoms with Crippen LogP contribution in [0.1, 0.15) is 20.3 Å². The Bertz CT molecular complexity index is 328. The minimum Gasteiger partial charge on any atom is -0.390 e. The largest absolute Gasteiger partial charge is 0.390 e. The van der Waals surface area contributed by atoms with Gasteiger partial charge in [-0.05, 0) is 13.8 Å². The van der Waals surface area contributed by atoms with Crippen molar-refractivity contribution in [2.24, 2.45) is 0 Å². The van der Waals surface area contributed by atoms with Crippen LogP contribution in [-0.2, 0) is 18.9 Å². The van der Waals surface area contributed by atoms with Crippen molar-refractivity contribution in [1.29, 1.82) is 0 Å². The lowest BCUT2D eigenvalue weighted by atomic mass is 9.98. The van der Waals surface area contributed by atoms with Gasteiger partial charge in [0.1, 0.15) is 24.4 Å². The van der Waals surface area contributed by atoms with Crippen LogP contribution in [0.4, 0.5) is 0 Å². The molecule has 21 heavy (non-hydrogen) atoms. The van der Waals surface area contributed by atoms with Crippen molar-refractivity contribution in [3.8, 4) is 0 Å². The Morgan fingerprint density at radius 3 is 2.14 bits per heavy atom. The molecule has 9 atom stereocenters. The zero-order valence-electron chi connectivity index (χ0n) is 12.3. The van der Waals surface area contributed by atoms with Crippen LogP contribution in [0.5, 0.6) is 0 Å². The molecular formula is C13H24O8. The van der Waals surface area contributed by atoms with E-state index in [9.17, 15) is 20.4 Å². The lowest BCUT2D eigenvalue weighted by Crippen LogP contribution is -2.60. The summed E-state index contributed by atoms with van der Waals surface area (Å²) in [6.07, 6.45) is -7.94. The number of rotatable bonds is 3. The van der Waals surface area contributed by atoms with Gasteiger partial charge in [0, 0.05) is 13.5 Å². The lowest BCUT2D eigenvalue weighted by Gasteiger charge is -2.44. The SMILES string of the molecule is COC1C(OC2C(O)CC(O)OC2C)OC(C)C(O)C1O. The highest BCUT2D eigenvalue weighted by atomic mass is 16.7. The quantitative estimate of drug-likeness (QED) is 0.489. The molecule has 0 amide bonds. The molecule has 2 saturated heterocycles. The van der Waals surface area contributed by atoms with E-state index >= 15 is 0 Å². The summed E-state index contributed by atoms with van der Waals surface area (Å²) >= 11 is 0. The standard InChI is InChI=1S/C13H24O8/c1-5-9(16)10(17)12(18-3)13(20-5)21-11-6(2)19-8(15)4-7(11)14/h5-17H,4H2,1-3H3. The summed E-state index contributed by atoms with van der Waals surface area (Å²) in [6, 6.07) is 0. The van der Waals surface area contributed by atoms with Crippen LogP contribution in [-0.4, -0.2) is 82.8 Å². The number of hydrogen-bond donors (Lipinski definition) is 4. The van der Waals surface area contributed by atoms with Crippen molar-refractivity contribution < 1.29 is 39.4 Å². The van der Waals surface area contributed by atoms with Crippen LogP contribution in [0.3, 0.4) is 0 Å². The second-order valence-corrected chi connectivity index (χ2v) is 5.59. The summed E-state index contributed by atoms with van der Waals surface area (Å²) in [5.41, 5.74) is 0. The Labute approximate surface area is 123 Å². The third kappa shape index (κ3) is 3.54. The fraction of sp³-hybridized carbons (Fsp3) is 1.00. The molecule has 2 aliphatic rings. The van der Waals surface area contributed by atoms with Gasteiger partial charge in [0.2, 0.25) is 0 Å². The van der Waals surface area contributed by atoms with Crippen molar-refractivity contribution in [3.63, 3.8) is 0 Å². The topological polar surface area (TPSA) is 118 Å². The number of methoxy groups -OCH3 is 1. The van der Waals surface area contributed by atoms with Crippen molar-refractivity contribution >= 4 is 0 Å². The van der Waals surface area contributed by atoms with Crippen LogP contribution >= 0.6 is 0 Å². The molecule has 0 aromatic rings. The van der Waals surface area contributed by atoms with E-state index in [1.54, 1.807) is 13.8 Å². The first-order chi connectivity index (χ1) is 9.85. The van der Waals surface area contributed by atoms with E-state index in [1.807, 2.05) is 0 Å². The third-order valence-corrected chi connectivity index (χ3v) is 4.00. The van der Waals surface area contributed by atoms with E-state index in [-0.39, 0.29) is 6.42 Å². The predicted molar refractivity (Wildman–Crippen MR) is 69.2 cm³/mol. The van der Waals surface area contributed by atoms with Gasteiger partial charge in [-0.2, -0.15) is 0 Å². The van der Waals surface area contributed by atoms with Gasteiger partial charge in [0.05, 0.1) is 18.3 Å². The maximum Gasteiger partial charge on any atom is 0.187 e. The van der Waals surface area contributed by atoms with Gasteiger partial charge < -0.3 is 39.4 Å². The molecule has 0 aliphatic carbocycles. The van der Waals surface area contributed by atoms with Gasteiger partial charge in [-0.1, -0.05) is 0 Å². The lowest BCUT2D eigenvalue weighted by molar-refractivity contribution is -0.337. The highest BCUT2D eigenvalue weighted by molar-refractivity contribution is 4.90. The van der Waals surface area contributed by atoms with E-state index in [4.69, 9.17) is 18.9 Å². The maximum atomic E-state index is 10.0. The third-order valence-electron chi connectivity index (χ3n) is 4.00. The highest BCUT2D eigenvalue weighted by Crippen LogP contribution is 2.29. The molecule has 2 heterocycles. The monoisotopic (exact) mass is 308 g/mol. The Morgan fingerprint density at radius 2 is 1.57 bits per heavy atom. The molecule has 0 saturated carbocycles. The molecule has 0 aromatic carbocycles. The average Bonchev–Trinajstić information content (AvgIpc) is 2.40. The summed E-state index contributed by atoms with van der Waals surface area (Å²) in [7, 11) is 1.37. The van der Waals surface area contributed by atoms with Crippen LogP contribution in [0.2, 0.25) is 0 Å². The first kappa shape index (κ1) is 17.0. The van der Waals surface area contributed by atoms with Gasteiger partial charge in [-0.15, -0.1) is 0 Å². The minimum atomic E-state index is -1.16. The summed E-state index contributed by atoms with van der Waals surface area (Å²) < 4.78 is 21.6. The van der Waals surface area contributed by atoms with Crippen LogP contribution < -0.4 is 0 Å². The summed E-state index contributed by atoms with van der Waals surface area (Å²) in [4.78, 5) is 0. The van der Waals surface area contributed by atoms with Gasteiger partial charge >= 0.3 is 0 Å². The molecular weight excluding hydrogens is 284 g/mol. The molecule has 8 nitrogen and oxygen atoms in total. The molecule has 2 fully saturated rings. The molecule has 0 bridgehead atoms. The van der Waals surface area contributed by atoms with Crippen molar-refractivity contribution in [2.75, 3.05) is 7.11 Å². The average molecular weight is 308 g/mol. The zero-order chi connectivity index (χ0) is 15.7. The Hall–Kier alpha value is -0.320. The molecule has 0 spiro atoms. The van der Waals surface area contributed by atoms with Crippen molar-refractivity contribution in [1.82, 2.24) is 0 Å². The Morgan fingerprint density at radius 1 is 0.905 bits per heavy atom. The normalized spacial score (nSPS) is 51.9. The van der Waals surface area contributed by atoms with Gasteiger partial charge in [-0.3, -0.25) is 0 Å². The van der Waals surface area contributed by atoms with Crippen LogP contribution in [0.25, 0.3) is 0 Å². The number of ether oxygens (including phenoxy) is 4. The molecule has 0 radical (unpaired) electrons. The molecule has 9 unspecified atom stereocenters. The molecule has 2 aliphatic heterocycles. The van der Waals surface area contributed by atoms with Gasteiger partial charge in [0.25, 0.3) is 0 Å². The number of aliphatic hydroxyl groups excluding tert-OH is 4. The second kappa shape index (κ2) is 6.84. The first-order valence-corrected chi connectivity index (χ1v) is 7.06. The van der Waals surface area contributed by atoms with Gasteiger partial charge in [-0.25, -0.2) is 0 Å². The molecule has 8 heteroatoms. The van der Waals surface area contributed by atoms with Crippen LogP contribution in [0, 0.1) is 0 Å². The summed E-state index contributed by atoms with van der Waals surface area (Å²) in [5.74, 6) is 0. The predicted octanol–water partition coefficient (Wildman–Crippen LogP) is -1.66. The van der Waals surface area contributed by atoms with Crippen molar-refractivity contribution in [3.05, 3.63) is 0 Å². The highest BCUT2D eigenvalue weighted by Gasteiger charge is 2.46. The first-order valence-electron chi connectivity index (χ1n) is 7.06. The van der Waals surface area contributed by atoms with E-state index < -0.39 is 55.3 Å². The fourth-order valence-electron chi connectivity index (χ4n) is 2.75. The minimum absolute atomic E-state index is 0.0279. The van der Waals surface area contributed by atoms with E-state index in [0.29, 0.717) is 0 Å². The summed E-state index contributed by atoms with van der Waals surface area (Å²) in [6.45, 7) is 3.27. The fourth-order valence-corrected chi connectivity index (χ4v) is 2.75. The number of aliphatic hydroxyl groups is 4. The van der Waals surface area contributed by atoms with Crippen LogP contribution in [0.15, 0.2) is 0 Å². The van der Waals surface area contributed by atoms with E-state index in [0.717, 1.165) is 0 Å². The smallest absolute Gasteiger partial charge is 0.187 e. The Balaban J connectivity index is 2.06. The second-order valence-electron chi connectivity index (χ2n) is 5.59. The van der Waals surface area contributed by atoms with Crippen molar-refractivity contribution in [2.45, 2.75) is 75.6 Å². The molecule has 0 aromatic heterocycles.